The number of aromatic nitrogens is 1. The molecule has 1 saturated heterocycles. The number of nitrogens with zero attached hydrogens (tertiary/aromatic N) is 1. The molecular weight excluding hydrogens is 542 g/mol. The predicted molar refractivity (Wildman–Crippen MR) is 150 cm³/mol. The summed E-state index contributed by atoms with van der Waals surface area (Å²) in [6, 6.07) is 12.9. The van der Waals surface area contributed by atoms with E-state index in [0.717, 1.165) is 0 Å². The molecule has 7 nitrogen and oxygen atoms in total. The van der Waals surface area contributed by atoms with Crippen molar-refractivity contribution in [3.63, 3.8) is 0 Å². The molecule has 1 fully saturated rings. The predicted octanol–water partition coefficient (Wildman–Crippen LogP) is 5.67. The third-order valence-electron chi connectivity index (χ3n) is 6.97. The van der Waals surface area contributed by atoms with E-state index in [2.05, 4.69) is 36.4 Å². The molecule has 4 unspecified atom stereocenters. The molecule has 1 aliphatic rings. The van der Waals surface area contributed by atoms with Crippen LogP contribution >= 0.6 is 23.2 Å². The van der Waals surface area contributed by atoms with Crippen LogP contribution in [0.3, 0.4) is 0 Å². The standard InChI is InChI=1S/C29H31Cl2FN4O3/c1-28(2,3)14-22-29(33,21-13-10-17(30)15-34-21)23(19-6-5-7-20(31)24(19)32)25(36-22)26(37)35-18-11-8-16(9-12-18)27(38)39-4/h5-13,15,22-23,25,36H,14,33H2,1-4H3,(H,35,37). The van der Waals surface area contributed by atoms with Crippen LogP contribution in [0.15, 0.2) is 60.8 Å². The maximum atomic E-state index is 15.6. The van der Waals surface area contributed by atoms with Gasteiger partial charge in [-0.1, -0.05) is 56.1 Å². The molecule has 39 heavy (non-hydrogen) atoms. The Morgan fingerprint density at radius 2 is 1.82 bits per heavy atom. The van der Waals surface area contributed by atoms with Crippen molar-refractivity contribution in [1.82, 2.24) is 10.3 Å². The van der Waals surface area contributed by atoms with Gasteiger partial charge in [0.2, 0.25) is 5.91 Å². The van der Waals surface area contributed by atoms with E-state index in [0.29, 0.717) is 28.4 Å². The molecule has 4 rings (SSSR count). The summed E-state index contributed by atoms with van der Waals surface area (Å²) in [4.78, 5) is 30.2. The molecular formula is C29H31Cl2FN4O3. The van der Waals surface area contributed by atoms with Gasteiger partial charge < -0.3 is 21.1 Å². The number of carbonyl (C=O) groups excluding carboxylic acids is 2. The fourth-order valence-corrected chi connectivity index (χ4v) is 5.50. The van der Waals surface area contributed by atoms with Gasteiger partial charge >= 0.3 is 5.97 Å². The molecule has 10 heteroatoms. The Balaban J connectivity index is 1.82. The number of hydrogen-bond donors (Lipinski definition) is 3. The van der Waals surface area contributed by atoms with Gasteiger partial charge in [0, 0.05) is 23.8 Å². The molecule has 1 aromatic heterocycles. The van der Waals surface area contributed by atoms with Crippen LogP contribution in [0.1, 0.15) is 54.7 Å². The summed E-state index contributed by atoms with van der Waals surface area (Å²) in [7, 11) is 1.29. The minimum absolute atomic E-state index is 0.0734. The second-order valence-electron chi connectivity index (χ2n) is 10.9. The molecule has 1 aliphatic heterocycles. The van der Waals surface area contributed by atoms with Crippen LogP contribution < -0.4 is 16.4 Å². The van der Waals surface area contributed by atoms with Gasteiger partial charge in [-0.15, -0.1) is 0 Å². The number of anilines is 1. The van der Waals surface area contributed by atoms with Crippen LogP contribution in [-0.2, 0) is 15.1 Å². The van der Waals surface area contributed by atoms with Crippen molar-refractivity contribution in [3.05, 3.63) is 93.5 Å². The number of carbonyl (C=O) groups is 2. The number of amides is 1. The highest BCUT2D eigenvalue weighted by molar-refractivity contribution is 6.31. The molecule has 1 amide bonds. The average molecular weight is 573 g/mol. The van der Waals surface area contributed by atoms with Gasteiger partial charge in [-0.2, -0.15) is 0 Å². The summed E-state index contributed by atoms with van der Waals surface area (Å²) in [5, 5.41) is 6.64. The van der Waals surface area contributed by atoms with Crippen LogP contribution in [0.5, 0.6) is 0 Å². The zero-order valence-electron chi connectivity index (χ0n) is 22.1. The van der Waals surface area contributed by atoms with E-state index in [9.17, 15) is 9.59 Å². The number of nitrogens with one attached hydrogen (secondary N) is 2. The second kappa shape index (κ2) is 11.2. The lowest BCUT2D eigenvalue weighted by Crippen LogP contribution is -2.52. The smallest absolute Gasteiger partial charge is 0.337 e. The highest BCUT2D eigenvalue weighted by Gasteiger charge is 2.58. The lowest BCUT2D eigenvalue weighted by atomic mass is 9.70. The number of benzene rings is 2. The molecule has 2 aromatic carbocycles. The summed E-state index contributed by atoms with van der Waals surface area (Å²) in [6.45, 7) is 6.20. The summed E-state index contributed by atoms with van der Waals surface area (Å²) < 4.78 is 20.4. The first-order valence-electron chi connectivity index (χ1n) is 12.4. The van der Waals surface area contributed by atoms with Gasteiger partial charge in [0.1, 0.15) is 5.82 Å². The van der Waals surface area contributed by atoms with Crippen LogP contribution in [0.4, 0.5) is 10.1 Å². The Morgan fingerprint density at radius 3 is 2.41 bits per heavy atom. The summed E-state index contributed by atoms with van der Waals surface area (Å²) >= 11 is 12.3. The minimum Gasteiger partial charge on any atom is -0.465 e. The number of halogens is 3. The topological polar surface area (TPSA) is 106 Å². The normalized spacial score (nSPS) is 22.9. The molecule has 0 radical (unpaired) electrons. The van der Waals surface area contributed by atoms with E-state index < -0.39 is 41.2 Å². The quantitative estimate of drug-likeness (QED) is 0.329. The third-order valence-corrected chi connectivity index (χ3v) is 7.48. The summed E-state index contributed by atoms with van der Waals surface area (Å²) in [5.41, 5.74) is 7.22. The molecule has 4 atom stereocenters. The first-order chi connectivity index (χ1) is 18.3. The van der Waals surface area contributed by atoms with Gasteiger partial charge in [-0.3, -0.25) is 9.78 Å². The molecule has 0 spiro atoms. The Labute approximate surface area is 237 Å². The van der Waals surface area contributed by atoms with E-state index >= 15 is 4.39 Å². The molecule has 2 heterocycles. The van der Waals surface area contributed by atoms with Crippen molar-refractivity contribution < 1.29 is 18.7 Å². The van der Waals surface area contributed by atoms with Gasteiger partial charge in [-0.05, 0) is 59.9 Å². The van der Waals surface area contributed by atoms with Gasteiger partial charge in [0.05, 0.1) is 40.0 Å². The number of methoxy groups -OCH3 is 1. The SMILES string of the molecule is COC(=O)c1ccc(NC(=O)C2NC(CC(C)(C)C)C(N)(c3ccc(Cl)cn3)C2c2cccc(Cl)c2F)cc1. The summed E-state index contributed by atoms with van der Waals surface area (Å²) in [5.74, 6) is -2.45. The number of hydrogen-bond acceptors (Lipinski definition) is 6. The fourth-order valence-electron chi connectivity index (χ4n) is 5.21. The van der Waals surface area contributed by atoms with E-state index in [1.807, 2.05) is 0 Å². The summed E-state index contributed by atoms with van der Waals surface area (Å²) in [6.07, 6.45) is 2.05. The number of pyridine rings is 1. The Morgan fingerprint density at radius 1 is 1.13 bits per heavy atom. The second-order valence-corrected chi connectivity index (χ2v) is 11.8. The fraction of sp³-hybridized carbons (Fsp3) is 0.345. The lowest BCUT2D eigenvalue weighted by molar-refractivity contribution is -0.118. The Hall–Kier alpha value is -3.04. The highest BCUT2D eigenvalue weighted by atomic mass is 35.5. The van der Waals surface area contributed by atoms with E-state index in [4.69, 9.17) is 33.7 Å². The third kappa shape index (κ3) is 5.94. The zero-order chi connectivity index (χ0) is 28.5. The maximum absolute atomic E-state index is 15.6. The van der Waals surface area contributed by atoms with Crippen molar-refractivity contribution in [1.29, 1.82) is 0 Å². The molecule has 0 saturated carbocycles. The number of esters is 1. The highest BCUT2D eigenvalue weighted by Crippen LogP contribution is 2.48. The molecule has 0 aliphatic carbocycles. The van der Waals surface area contributed by atoms with Crippen LogP contribution in [0.2, 0.25) is 10.0 Å². The minimum atomic E-state index is -1.31. The van der Waals surface area contributed by atoms with E-state index in [-0.39, 0.29) is 16.0 Å². The van der Waals surface area contributed by atoms with Crippen LogP contribution in [0.25, 0.3) is 0 Å². The lowest BCUT2D eigenvalue weighted by Gasteiger charge is -2.38. The Bertz CT molecular complexity index is 1360. The van der Waals surface area contributed by atoms with Crippen molar-refractivity contribution in [2.75, 3.05) is 12.4 Å². The van der Waals surface area contributed by atoms with Crippen LogP contribution in [-0.4, -0.2) is 36.1 Å². The number of ether oxygens (including phenoxy) is 1. The zero-order valence-corrected chi connectivity index (χ0v) is 23.6. The molecule has 206 valence electrons. The van der Waals surface area contributed by atoms with Crippen molar-refractivity contribution in [2.45, 2.75) is 50.7 Å². The van der Waals surface area contributed by atoms with Gasteiger partial charge in [0.25, 0.3) is 0 Å². The first-order valence-corrected chi connectivity index (χ1v) is 13.2. The average Bonchev–Trinajstić information content (AvgIpc) is 3.17. The van der Waals surface area contributed by atoms with Gasteiger partial charge in [0.15, 0.2) is 0 Å². The number of rotatable bonds is 6. The first kappa shape index (κ1) is 29.0. The van der Waals surface area contributed by atoms with Crippen molar-refractivity contribution in [2.24, 2.45) is 11.1 Å². The van der Waals surface area contributed by atoms with E-state index in [1.165, 1.54) is 19.4 Å². The van der Waals surface area contributed by atoms with Crippen LogP contribution in [0, 0.1) is 11.2 Å². The van der Waals surface area contributed by atoms with Gasteiger partial charge in [-0.25, -0.2) is 9.18 Å². The van der Waals surface area contributed by atoms with Crippen molar-refractivity contribution >= 4 is 40.8 Å². The monoisotopic (exact) mass is 572 g/mol. The molecule has 0 bridgehead atoms. The molecule has 3 aromatic rings. The van der Waals surface area contributed by atoms with E-state index in [1.54, 1.807) is 48.5 Å². The molecule has 4 N–H and O–H groups in total. The largest absolute Gasteiger partial charge is 0.465 e. The number of nitrogens with two attached hydrogens (primary N) is 1. The maximum Gasteiger partial charge on any atom is 0.337 e. The van der Waals surface area contributed by atoms with Crippen molar-refractivity contribution in [3.8, 4) is 0 Å². The Kier molecular flexibility index (Phi) is 8.33.